The van der Waals surface area contributed by atoms with Crippen LogP contribution in [-0.4, -0.2) is 36.1 Å². The lowest BCUT2D eigenvalue weighted by molar-refractivity contribution is 0.153. The van der Waals surface area contributed by atoms with E-state index in [0.717, 1.165) is 37.6 Å². The van der Waals surface area contributed by atoms with Gasteiger partial charge in [-0.1, -0.05) is 24.3 Å². The number of benzene rings is 1. The highest BCUT2D eigenvalue weighted by Crippen LogP contribution is 2.44. The van der Waals surface area contributed by atoms with Crippen LogP contribution < -0.4 is 5.32 Å². The second-order valence-corrected chi connectivity index (χ2v) is 6.00. The Morgan fingerprint density at radius 1 is 1.00 bits per heavy atom. The van der Waals surface area contributed by atoms with Crippen LogP contribution >= 0.6 is 24.8 Å². The summed E-state index contributed by atoms with van der Waals surface area (Å²) in [5, 5.41) is 4.69. The molecule has 22 heavy (non-hydrogen) atoms. The highest BCUT2D eigenvalue weighted by Gasteiger charge is 2.37. The van der Waals surface area contributed by atoms with Crippen LogP contribution in [0.3, 0.4) is 0 Å². The van der Waals surface area contributed by atoms with E-state index in [2.05, 4.69) is 46.6 Å². The van der Waals surface area contributed by atoms with Crippen molar-refractivity contribution in [2.24, 2.45) is 5.92 Å². The summed E-state index contributed by atoms with van der Waals surface area (Å²) in [5.74, 6) is 0.821. The third-order valence-corrected chi connectivity index (χ3v) is 4.54. The van der Waals surface area contributed by atoms with Crippen molar-refractivity contribution in [1.29, 1.82) is 0 Å². The van der Waals surface area contributed by atoms with Crippen LogP contribution in [0.1, 0.15) is 24.6 Å². The van der Waals surface area contributed by atoms with E-state index in [-0.39, 0.29) is 24.8 Å². The Hall–Kier alpha value is -0.870. The summed E-state index contributed by atoms with van der Waals surface area (Å²) in [5.41, 5.74) is 2.40. The maximum atomic E-state index is 4.95. The van der Waals surface area contributed by atoms with Crippen LogP contribution in [0.2, 0.25) is 0 Å². The van der Waals surface area contributed by atoms with Gasteiger partial charge in [-0.2, -0.15) is 0 Å². The first-order valence-electron chi connectivity index (χ1n) is 7.72. The highest BCUT2D eigenvalue weighted by molar-refractivity contribution is 5.85. The van der Waals surface area contributed by atoms with E-state index < -0.39 is 0 Å². The molecule has 0 spiro atoms. The van der Waals surface area contributed by atoms with E-state index >= 15 is 0 Å². The highest BCUT2D eigenvalue weighted by atomic mass is 35.5. The standard InChI is InChI=1S/C17H21N3.2ClH/c1-2-4-15-13(3-1)7-8-16(19-15)17(14-5-6-14)20-11-9-18-10-12-20;;/h1-4,7-8,14,17-18H,5-6,9-12H2;2*1H/t17-;;/m1../s1. The lowest BCUT2D eigenvalue weighted by Gasteiger charge is -2.35. The molecule has 3 nitrogen and oxygen atoms in total. The number of para-hydroxylation sites is 1. The van der Waals surface area contributed by atoms with Gasteiger partial charge in [0.2, 0.25) is 0 Å². The van der Waals surface area contributed by atoms with Crippen molar-refractivity contribution < 1.29 is 0 Å². The number of aromatic nitrogens is 1. The Labute approximate surface area is 144 Å². The fourth-order valence-electron chi connectivity index (χ4n) is 3.35. The van der Waals surface area contributed by atoms with Gasteiger partial charge in [0.1, 0.15) is 0 Å². The molecule has 1 aliphatic carbocycles. The minimum atomic E-state index is 0. The van der Waals surface area contributed by atoms with Crippen molar-refractivity contribution in [1.82, 2.24) is 15.2 Å². The van der Waals surface area contributed by atoms with Gasteiger partial charge in [0, 0.05) is 31.6 Å². The van der Waals surface area contributed by atoms with Gasteiger partial charge in [-0.05, 0) is 30.9 Å². The van der Waals surface area contributed by atoms with Gasteiger partial charge in [0.25, 0.3) is 0 Å². The zero-order valence-corrected chi connectivity index (χ0v) is 14.2. The minimum absolute atomic E-state index is 0. The first-order valence-corrected chi connectivity index (χ1v) is 7.72. The molecule has 0 unspecified atom stereocenters. The predicted molar refractivity (Wildman–Crippen MR) is 96.1 cm³/mol. The molecule has 1 N–H and O–H groups in total. The quantitative estimate of drug-likeness (QED) is 0.928. The van der Waals surface area contributed by atoms with Gasteiger partial charge in [-0.15, -0.1) is 24.8 Å². The van der Waals surface area contributed by atoms with Crippen LogP contribution in [-0.2, 0) is 0 Å². The summed E-state index contributed by atoms with van der Waals surface area (Å²) in [6.07, 6.45) is 2.73. The Kier molecular flexibility index (Phi) is 6.04. The predicted octanol–water partition coefficient (Wildman–Crippen LogP) is 3.43. The molecule has 1 aliphatic heterocycles. The Morgan fingerprint density at radius 2 is 1.73 bits per heavy atom. The summed E-state index contributed by atoms with van der Waals surface area (Å²) < 4.78 is 0. The van der Waals surface area contributed by atoms with Crippen LogP contribution in [0.15, 0.2) is 36.4 Å². The van der Waals surface area contributed by atoms with Crippen LogP contribution in [0.25, 0.3) is 10.9 Å². The van der Waals surface area contributed by atoms with E-state index in [1.807, 2.05) is 0 Å². The Bertz CT molecular complexity index is 610. The number of pyridine rings is 1. The van der Waals surface area contributed by atoms with Crippen molar-refractivity contribution >= 4 is 35.7 Å². The van der Waals surface area contributed by atoms with E-state index in [9.17, 15) is 0 Å². The average molecular weight is 340 g/mol. The fourth-order valence-corrected chi connectivity index (χ4v) is 3.35. The molecule has 4 rings (SSSR count). The molecule has 120 valence electrons. The van der Waals surface area contributed by atoms with E-state index in [1.165, 1.54) is 23.9 Å². The number of halogens is 2. The lowest BCUT2D eigenvalue weighted by atomic mass is 10.0. The number of hydrogen-bond acceptors (Lipinski definition) is 3. The number of nitrogens with zero attached hydrogens (tertiary/aromatic N) is 2. The topological polar surface area (TPSA) is 28.2 Å². The monoisotopic (exact) mass is 339 g/mol. The summed E-state index contributed by atoms with van der Waals surface area (Å²) in [6.45, 7) is 4.51. The SMILES string of the molecule is Cl.Cl.c1ccc2nc([C@@H](C3CC3)N3CCNCC3)ccc2c1. The normalized spacial score (nSPS) is 20.0. The molecule has 2 aliphatic rings. The first kappa shape index (κ1) is 17.5. The third kappa shape index (κ3) is 3.54. The van der Waals surface area contributed by atoms with Gasteiger partial charge in [-0.3, -0.25) is 9.88 Å². The van der Waals surface area contributed by atoms with Gasteiger partial charge in [0.15, 0.2) is 0 Å². The number of nitrogens with one attached hydrogen (secondary N) is 1. The van der Waals surface area contributed by atoms with Gasteiger partial charge in [-0.25, -0.2) is 0 Å². The zero-order valence-electron chi connectivity index (χ0n) is 12.6. The van der Waals surface area contributed by atoms with Crippen molar-refractivity contribution in [3.8, 4) is 0 Å². The number of hydrogen-bond donors (Lipinski definition) is 1. The molecule has 1 aromatic heterocycles. The second-order valence-electron chi connectivity index (χ2n) is 6.00. The summed E-state index contributed by atoms with van der Waals surface area (Å²) in [4.78, 5) is 7.58. The van der Waals surface area contributed by atoms with Crippen molar-refractivity contribution in [3.63, 3.8) is 0 Å². The molecule has 1 atom stereocenters. The van der Waals surface area contributed by atoms with Crippen LogP contribution in [0, 0.1) is 5.92 Å². The molecule has 0 radical (unpaired) electrons. The molecule has 0 bridgehead atoms. The average Bonchev–Trinajstić information content (AvgIpc) is 3.33. The maximum absolute atomic E-state index is 4.95. The summed E-state index contributed by atoms with van der Waals surface area (Å²) >= 11 is 0. The summed E-state index contributed by atoms with van der Waals surface area (Å²) in [7, 11) is 0. The maximum Gasteiger partial charge on any atom is 0.0706 e. The van der Waals surface area contributed by atoms with Gasteiger partial charge < -0.3 is 5.32 Å². The molecule has 0 amide bonds. The zero-order chi connectivity index (χ0) is 13.4. The van der Waals surface area contributed by atoms with Crippen LogP contribution in [0.5, 0.6) is 0 Å². The summed E-state index contributed by atoms with van der Waals surface area (Å²) in [6, 6.07) is 13.4. The van der Waals surface area contributed by atoms with Gasteiger partial charge >= 0.3 is 0 Å². The molecule has 1 saturated carbocycles. The molecule has 5 heteroatoms. The van der Waals surface area contributed by atoms with Crippen molar-refractivity contribution in [2.75, 3.05) is 26.2 Å². The Balaban J connectivity index is 0.000000882. The van der Waals surface area contributed by atoms with Gasteiger partial charge in [0.05, 0.1) is 17.3 Å². The fraction of sp³-hybridized carbons (Fsp3) is 0.471. The number of fused-ring (bicyclic) bond motifs is 1. The molecular weight excluding hydrogens is 317 g/mol. The van der Waals surface area contributed by atoms with Crippen molar-refractivity contribution in [2.45, 2.75) is 18.9 Å². The van der Waals surface area contributed by atoms with E-state index in [0.29, 0.717) is 6.04 Å². The molecule has 1 aromatic carbocycles. The number of piperazine rings is 1. The molecule has 1 saturated heterocycles. The third-order valence-electron chi connectivity index (χ3n) is 4.54. The lowest BCUT2D eigenvalue weighted by Crippen LogP contribution is -2.45. The van der Waals surface area contributed by atoms with E-state index in [1.54, 1.807) is 0 Å². The molecule has 2 fully saturated rings. The number of rotatable bonds is 3. The molecular formula is C17H23Cl2N3. The van der Waals surface area contributed by atoms with Crippen LogP contribution in [0.4, 0.5) is 0 Å². The minimum Gasteiger partial charge on any atom is -0.314 e. The Morgan fingerprint density at radius 3 is 2.45 bits per heavy atom. The van der Waals surface area contributed by atoms with E-state index in [4.69, 9.17) is 4.98 Å². The largest absolute Gasteiger partial charge is 0.314 e. The first-order chi connectivity index (χ1) is 9.92. The van der Waals surface area contributed by atoms with Crippen molar-refractivity contribution in [3.05, 3.63) is 42.1 Å². The molecule has 2 aromatic rings. The molecule has 2 heterocycles. The smallest absolute Gasteiger partial charge is 0.0706 e. The second kappa shape index (κ2) is 7.60.